The fourth-order valence-corrected chi connectivity index (χ4v) is 1.08. The highest BCUT2D eigenvalue weighted by Gasteiger charge is 2.30. The van der Waals surface area contributed by atoms with Gasteiger partial charge in [0.25, 0.3) is 0 Å². The second-order valence-electron chi connectivity index (χ2n) is 2.92. The van der Waals surface area contributed by atoms with E-state index in [0.717, 1.165) is 0 Å². The maximum Gasteiger partial charge on any atom is 0.374 e. The van der Waals surface area contributed by atoms with Gasteiger partial charge in [-0.25, -0.2) is 4.79 Å². The van der Waals surface area contributed by atoms with E-state index in [1.165, 1.54) is 7.11 Å². The molecule has 0 radical (unpaired) electrons. The van der Waals surface area contributed by atoms with E-state index in [1.54, 1.807) is 20.8 Å². The molecule has 5 heteroatoms. The van der Waals surface area contributed by atoms with Crippen LogP contribution < -0.4 is 0 Å². The number of methoxy groups -OCH3 is 1. The zero-order valence-corrected chi connectivity index (χ0v) is 9.61. The molecule has 0 aromatic heterocycles. The third kappa shape index (κ3) is 4.40. The van der Waals surface area contributed by atoms with E-state index in [1.807, 2.05) is 0 Å². The number of hydrogen-bond acceptors (Lipinski definition) is 5. The molecule has 0 bridgehead atoms. The fourth-order valence-electron chi connectivity index (χ4n) is 1.08. The van der Waals surface area contributed by atoms with Gasteiger partial charge in [0, 0.05) is 13.2 Å². The van der Waals surface area contributed by atoms with Crippen molar-refractivity contribution in [2.24, 2.45) is 5.92 Å². The minimum absolute atomic E-state index is 0.420. The smallest absolute Gasteiger partial charge is 0.374 e. The Labute approximate surface area is 89.7 Å². The van der Waals surface area contributed by atoms with Crippen LogP contribution in [0.2, 0.25) is 0 Å². The Morgan fingerprint density at radius 2 is 1.60 bits per heavy atom. The van der Waals surface area contributed by atoms with Crippen molar-refractivity contribution in [1.82, 2.24) is 0 Å². The van der Waals surface area contributed by atoms with Crippen LogP contribution in [-0.4, -0.2) is 38.4 Å². The van der Waals surface area contributed by atoms with Crippen LogP contribution >= 0.6 is 0 Å². The molecule has 0 aromatic rings. The van der Waals surface area contributed by atoms with Crippen LogP contribution in [0.15, 0.2) is 0 Å². The van der Waals surface area contributed by atoms with E-state index in [4.69, 9.17) is 9.47 Å². The number of rotatable bonds is 7. The summed E-state index contributed by atoms with van der Waals surface area (Å²) < 4.78 is 14.8. The molecule has 0 N–H and O–H groups in total. The molecule has 0 aliphatic heterocycles. The average Bonchev–Trinajstić information content (AvgIpc) is 2.25. The highest BCUT2D eigenvalue weighted by Crippen LogP contribution is 2.11. The molecule has 0 aromatic carbocycles. The maximum absolute atomic E-state index is 11.4. The lowest BCUT2D eigenvalue weighted by atomic mass is 10.1. The van der Waals surface area contributed by atoms with Gasteiger partial charge in [0.1, 0.15) is 0 Å². The van der Waals surface area contributed by atoms with Crippen LogP contribution in [0.5, 0.6) is 0 Å². The van der Waals surface area contributed by atoms with Gasteiger partial charge in [-0.1, -0.05) is 0 Å². The lowest BCUT2D eigenvalue weighted by Gasteiger charge is -2.21. The van der Waals surface area contributed by atoms with Gasteiger partial charge in [-0.2, -0.15) is 0 Å². The summed E-state index contributed by atoms with van der Waals surface area (Å²) in [4.78, 5) is 22.4. The van der Waals surface area contributed by atoms with E-state index >= 15 is 0 Å². The SMILES string of the molecule is CCOC(OCC)C(C)C(=O)C(=O)OC. The van der Waals surface area contributed by atoms with Crippen molar-refractivity contribution in [1.29, 1.82) is 0 Å². The van der Waals surface area contributed by atoms with Gasteiger partial charge in [0.05, 0.1) is 13.0 Å². The number of carbonyl (C=O) groups is 2. The Hall–Kier alpha value is -0.940. The molecular weight excluding hydrogens is 200 g/mol. The fraction of sp³-hybridized carbons (Fsp3) is 0.800. The monoisotopic (exact) mass is 218 g/mol. The Kier molecular flexibility index (Phi) is 6.90. The first-order chi connectivity index (χ1) is 7.08. The van der Waals surface area contributed by atoms with E-state index in [0.29, 0.717) is 13.2 Å². The van der Waals surface area contributed by atoms with Crippen molar-refractivity contribution in [2.45, 2.75) is 27.1 Å². The third-order valence-electron chi connectivity index (χ3n) is 1.87. The summed E-state index contributed by atoms with van der Waals surface area (Å²) in [6.07, 6.45) is -0.688. The zero-order chi connectivity index (χ0) is 11.8. The maximum atomic E-state index is 11.4. The number of Topliss-reactive ketones (excluding diaryl/α,β-unsaturated/α-hetero) is 1. The molecule has 5 nitrogen and oxygen atoms in total. The highest BCUT2D eigenvalue weighted by atomic mass is 16.7. The van der Waals surface area contributed by atoms with Crippen molar-refractivity contribution in [3.63, 3.8) is 0 Å². The molecule has 0 heterocycles. The molecule has 0 spiro atoms. The predicted molar refractivity (Wildman–Crippen MR) is 53.2 cm³/mol. The number of hydrogen-bond donors (Lipinski definition) is 0. The first kappa shape index (κ1) is 14.1. The molecule has 0 fully saturated rings. The molecule has 0 rings (SSSR count). The van der Waals surface area contributed by atoms with Gasteiger partial charge in [0.15, 0.2) is 6.29 Å². The van der Waals surface area contributed by atoms with Crippen molar-refractivity contribution >= 4 is 11.8 Å². The first-order valence-corrected chi connectivity index (χ1v) is 4.93. The van der Waals surface area contributed by atoms with Crippen LogP contribution in [0.3, 0.4) is 0 Å². The van der Waals surface area contributed by atoms with Crippen LogP contribution in [-0.2, 0) is 23.8 Å². The lowest BCUT2D eigenvalue weighted by molar-refractivity contribution is -0.178. The van der Waals surface area contributed by atoms with E-state index in [2.05, 4.69) is 4.74 Å². The highest BCUT2D eigenvalue weighted by molar-refractivity contribution is 6.34. The van der Waals surface area contributed by atoms with Gasteiger partial charge in [-0.15, -0.1) is 0 Å². The predicted octanol–water partition coefficient (Wildman–Crippen LogP) is 0.764. The Morgan fingerprint density at radius 1 is 1.13 bits per heavy atom. The minimum Gasteiger partial charge on any atom is -0.463 e. The normalized spacial score (nSPS) is 12.6. The summed E-state index contributed by atoms with van der Waals surface area (Å²) in [6, 6.07) is 0. The molecule has 0 saturated heterocycles. The first-order valence-electron chi connectivity index (χ1n) is 4.93. The van der Waals surface area contributed by atoms with Crippen LogP contribution in [0.1, 0.15) is 20.8 Å². The molecule has 0 saturated carbocycles. The number of esters is 1. The topological polar surface area (TPSA) is 61.8 Å². The lowest BCUT2D eigenvalue weighted by Crippen LogP contribution is -2.35. The van der Waals surface area contributed by atoms with Crippen molar-refractivity contribution in [3.8, 4) is 0 Å². The Balaban J connectivity index is 4.40. The van der Waals surface area contributed by atoms with E-state index in [9.17, 15) is 9.59 Å². The van der Waals surface area contributed by atoms with Crippen LogP contribution in [0.4, 0.5) is 0 Å². The molecule has 1 unspecified atom stereocenters. The molecule has 1 atom stereocenters. The van der Waals surface area contributed by atoms with E-state index in [-0.39, 0.29) is 0 Å². The summed E-state index contributed by atoms with van der Waals surface area (Å²) in [5, 5.41) is 0. The number of ketones is 1. The standard InChI is InChI=1S/C10H18O5/c1-5-14-10(15-6-2)7(3)8(11)9(12)13-4/h7,10H,5-6H2,1-4H3. The number of carbonyl (C=O) groups excluding carboxylic acids is 2. The van der Waals surface area contributed by atoms with Crippen molar-refractivity contribution in [3.05, 3.63) is 0 Å². The molecule has 15 heavy (non-hydrogen) atoms. The molecule has 0 aliphatic rings. The zero-order valence-electron chi connectivity index (χ0n) is 9.61. The second kappa shape index (κ2) is 7.36. The third-order valence-corrected chi connectivity index (χ3v) is 1.87. The number of ether oxygens (including phenoxy) is 3. The van der Waals surface area contributed by atoms with Gasteiger partial charge in [-0.05, 0) is 20.8 Å². The largest absolute Gasteiger partial charge is 0.463 e. The molecule has 0 aliphatic carbocycles. The van der Waals surface area contributed by atoms with Crippen molar-refractivity contribution in [2.75, 3.05) is 20.3 Å². The van der Waals surface area contributed by atoms with Crippen LogP contribution in [0, 0.1) is 5.92 Å². The van der Waals surface area contributed by atoms with E-state index < -0.39 is 24.0 Å². The van der Waals surface area contributed by atoms with Crippen molar-refractivity contribution < 1.29 is 23.8 Å². The second-order valence-corrected chi connectivity index (χ2v) is 2.92. The van der Waals surface area contributed by atoms with Gasteiger partial charge in [-0.3, -0.25) is 4.79 Å². The average molecular weight is 218 g/mol. The van der Waals surface area contributed by atoms with Gasteiger partial charge < -0.3 is 14.2 Å². The summed E-state index contributed by atoms with van der Waals surface area (Å²) in [5.41, 5.74) is 0. The van der Waals surface area contributed by atoms with Gasteiger partial charge >= 0.3 is 5.97 Å². The van der Waals surface area contributed by atoms with Gasteiger partial charge in [0.2, 0.25) is 5.78 Å². The summed E-state index contributed by atoms with van der Waals surface area (Å²) >= 11 is 0. The molecular formula is C10H18O5. The molecule has 0 amide bonds. The summed E-state index contributed by atoms with van der Waals surface area (Å²) in [7, 11) is 1.17. The Morgan fingerprint density at radius 3 is 1.93 bits per heavy atom. The summed E-state index contributed by atoms with van der Waals surface area (Å²) in [5.74, 6) is -2.16. The summed E-state index contributed by atoms with van der Waals surface area (Å²) in [6.45, 7) is 6.00. The quantitative estimate of drug-likeness (QED) is 0.359. The van der Waals surface area contributed by atoms with Crippen LogP contribution in [0.25, 0.3) is 0 Å². The minimum atomic E-state index is -0.869. The Bertz CT molecular complexity index is 208. The molecule has 88 valence electrons.